The summed E-state index contributed by atoms with van der Waals surface area (Å²) in [5.74, 6) is 0.158. The van der Waals surface area contributed by atoms with Gasteiger partial charge >= 0.3 is 5.97 Å². The number of hydrogen-bond donors (Lipinski definition) is 1. The molecule has 0 aliphatic heterocycles. The molecule has 0 fully saturated rings. The third-order valence-electron chi connectivity index (χ3n) is 2.28. The summed E-state index contributed by atoms with van der Waals surface area (Å²) in [5.41, 5.74) is 2.59. The van der Waals surface area contributed by atoms with Crippen LogP contribution in [0.25, 0.3) is 0 Å². The molecule has 0 aliphatic rings. The first-order valence-electron chi connectivity index (χ1n) is 5.01. The molecule has 3 heteroatoms. The standard InChI is InChI=1S/C12H16O2S/c1-9-5-6-11(8-10(9)2)15-7-3-4-12(13)14/h5-6,8H,3-4,7H2,1-2H3,(H,13,14). The van der Waals surface area contributed by atoms with Gasteiger partial charge in [0.05, 0.1) is 0 Å². The molecule has 0 bridgehead atoms. The molecular formula is C12H16O2S. The lowest BCUT2D eigenvalue weighted by Gasteiger charge is -2.04. The van der Waals surface area contributed by atoms with E-state index in [9.17, 15) is 4.79 Å². The Morgan fingerprint density at radius 2 is 2.07 bits per heavy atom. The summed E-state index contributed by atoms with van der Waals surface area (Å²) in [6, 6.07) is 6.35. The zero-order valence-corrected chi connectivity index (χ0v) is 9.93. The Hall–Kier alpha value is -0.960. The highest BCUT2D eigenvalue weighted by Crippen LogP contribution is 2.21. The van der Waals surface area contributed by atoms with Gasteiger partial charge in [-0.1, -0.05) is 6.07 Å². The molecule has 0 aromatic heterocycles. The van der Waals surface area contributed by atoms with Gasteiger partial charge in [0.15, 0.2) is 0 Å². The van der Waals surface area contributed by atoms with E-state index < -0.39 is 5.97 Å². The van der Waals surface area contributed by atoms with E-state index in [-0.39, 0.29) is 6.42 Å². The molecule has 1 rings (SSSR count). The second-order valence-electron chi connectivity index (χ2n) is 3.59. The van der Waals surface area contributed by atoms with Crippen molar-refractivity contribution >= 4 is 17.7 Å². The molecule has 0 atom stereocenters. The van der Waals surface area contributed by atoms with Crippen LogP contribution in [-0.2, 0) is 4.79 Å². The zero-order chi connectivity index (χ0) is 11.3. The minimum Gasteiger partial charge on any atom is -0.481 e. The molecule has 0 aliphatic carbocycles. The van der Waals surface area contributed by atoms with Crippen LogP contribution in [0.3, 0.4) is 0 Å². The van der Waals surface area contributed by atoms with Gasteiger partial charge in [0.2, 0.25) is 0 Å². The highest BCUT2D eigenvalue weighted by atomic mass is 32.2. The number of carboxylic acids is 1. The van der Waals surface area contributed by atoms with E-state index in [1.807, 2.05) is 0 Å². The Morgan fingerprint density at radius 1 is 1.33 bits per heavy atom. The van der Waals surface area contributed by atoms with E-state index in [0.717, 1.165) is 12.2 Å². The molecule has 2 nitrogen and oxygen atoms in total. The lowest BCUT2D eigenvalue weighted by molar-refractivity contribution is -0.137. The number of thioether (sulfide) groups is 1. The van der Waals surface area contributed by atoms with Crippen molar-refractivity contribution in [1.29, 1.82) is 0 Å². The van der Waals surface area contributed by atoms with E-state index in [4.69, 9.17) is 5.11 Å². The van der Waals surface area contributed by atoms with Crippen molar-refractivity contribution < 1.29 is 9.90 Å². The first kappa shape index (κ1) is 12.1. The fourth-order valence-electron chi connectivity index (χ4n) is 1.22. The number of hydrogen-bond acceptors (Lipinski definition) is 2. The minimum absolute atomic E-state index is 0.262. The molecule has 0 saturated carbocycles. The second-order valence-corrected chi connectivity index (χ2v) is 4.76. The first-order chi connectivity index (χ1) is 7.09. The van der Waals surface area contributed by atoms with Gasteiger partial charge in [-0.15, -0.1) is 11.8 Å². The maximum Gasteiger partial charge on any atom is 0.303 e. The summed E-state index contributed by atoms with van der Waals surface area (Å²) in [6.07, 6.45) is 0.991. The molecule has 15 heavy (non-hydrogen) atoms. The van der Waals surface area contributed by atoms with Crippen LogP contribution in [0.4, 0.5) is 0 Å². The van der Waals surface area contributed by atoms with E-state index in [1.54, 1.807) is 11.8 Å². The maximum absolute atomic E-state index is 10.3. The van der Waals surface area contributed by atoms with Crippen molar-refractivity contribution in [1.82, 2.24) is 0 Å². The Bertz CT molecular complexity index is 347. The minimum atomic E-state index is -0.712. The SMILES string of the molecule is Cc1ccc(SCCCC(=O)O)cc1C. The number of rotatable bonds is 5. The fourth-order valence-corrected chi connectivity index (χ4v) is 2.17. The first-order valence-corrected chi connectivity index (χ1v) is 6.00. The third-order valence-corrected chi connectivity index (χ3v) is 3.36. The van der Waals surface area contributed by atoms with Crippen LogP contribution in [-0.4, -0.2) is 16.8 Å². The van der Waals surface area contributed by atoms with Crippen molar-refractivity contribution in [3.05, 3.63) is 29.3 Å². The van der Waals surface area contributed by atoms with Gasteiger partial charge in [-0.25, -0.2) is 0 Å². The lowest BCUT2D eigenvalue weighted by Crippen LogP contribution is -1.94. The Kier molecular flexibility index (Phi) is 4.69. The van der Waals surface area contributed by atoms with Crippen molar-refractivity contribution in [2.75, 3.05) is 5.75 Å². The predicted octanol–water partition coefficient (Wildman–Crippen LogP) is 3.26. The van der Waals surface area contributed by atoms with Crippen LogP contribution in [0.2, 0.25) is 0 Å². The van der Waals surface area contributed by atoms with Crippen molar-refractivity contribution in [3.8, 4) is 0 Å². The van der Waals surface area contributed by atoms with Crippen molar-refractivity contribution in [2.24, 2.45) is 0 Å². The summed E-state index contributed by atoms with van der Waals surface area (Å²) < 4.78 is 0. The molecular weight excluding hydrogens is 208 g/mol. The number of benzene rings is 1. The molecule has 0 heterocycles. The van der Waals surface area contributed by atoms with Gasteiger partial charge in [-0.3, -0.25) is 4.79 Å². The van der Waals surface area contributed by atoms with E-state index in [2.05, 4.69) is 32.0 Å². The predicted molar refractivity (Wildman–Crippen MR) is 63.5 cm³/mol. The number of aryl methyl sites for hydroxylation is 2. The van der Waals surface area contributed by atoms with Crippen molar-refractivity contribution in [2.45, 2.75) is 31.6 Å². The van der Waals surface area contributed by atoms with E-state index >= 15 is 0 Å². The molecule has 82 valence electrons. The van der Waals surface area contributed by atoms with E-state index in [1.165, 1.54) is 16.0 Å². The number of carboxylic acid groups (broad SMARTS) is 1. The highest BCUT2D eigenvalue weighted by molar-refractivity contribution is 7.99. The van der Waals surface area contributed by atoms with Crippen LogP contribution in [0.5, 0.6) is 0 Å². The Labute approximate surface area is 94.7 Å². The van der Waals surface area contributed by atoms with Gasteiger partial charge < -0.3 is 5.11 Å². The van der Waals surface area contributed by atoms with Gasteiger partial charge in [-0.2, -0.15) is 0 Å². The van der Waals surface area contributed by atoms with Gasteiger partial charge in [0, 0.05) is 11.3 Å². The molecule has 0 saturated heterocycles. The quantitative estimate of drug-likeness (QED) is 0.616. The monoisotopic (exact) mass is 224 g/mol. The summed E-state index contributed by atoms with van der Waals surface area (Å²) in [4.78, 5) is 11.5. The van der Waals surface area contributed by atoms with Crippen LogP contribution in [0.1, 0.15) is 24.0 Å². The topological polar surface area (TPSA) is 37.3 Å². The van der Waals surface area contributed by atoms with Crippen LogP contribution in [0, 0.1) is 13.8 Å². The molecule has 0 amide bonds. The largest absolute Gasteiger partial charge is 0.481 e. The average Bonchev–Trinajstić information content (AvgIpc) is 2.18. The number of aliphatic carboxylic acids is 1. The molecule has 1 aromatic carbocycles. The third kappa shape index (κ3) is 4.38. The van der Waals surface area contributed by atoms with Gasteiger partial charge in [0.1, 0.15) is 0 Å². The van der Waals surface area contributed by atoms with Gasteiger partial charge in [0.25, 0.3) is 0 Å². The fraction of sp³-hybridized carbons (Fsp3) is 0.417. The molecule has 1 aromatic rings. The molecule has 0 spiro atoms. The summed E-state index contributed by atoms with van der Waals surface area (Å²) in [5, 5.41) is 8.48. The lowest BCUT2D eigenvalue weighted by atomic mass is 10.1. The van der Waals surface area contributed by atoms with Crippen LogP contribution >= 0.6 is 11.8 Å². The molecule has 0 unspecified atom stereocenters. The highest BCUT2D eigenvalue weighted by Gasteiger charge is 1.99. The smallest absolute Gasteiger partial charge is 0.303 e. The normalized spacial score (nSPS) is 10.3. The average molecular weight is 224 g/mol. The van der Waals surface area contributed by atoms with Crippen LogP contribution in [0.15, 0.2) is 23.1 Å². The Morgan fingerprint density at radius 3 is 2.67 bits per heavy atom. The summed E-state index contributed by atoms with van der Waals surface area (Å²) in [7, 11) is 0. The molecule has 0 radical (unpaired) electrons. The summed E-state index contributed by atoms with van der Waals surface area (Å²) in [6.45, 7) is 4.19. The Balaban J connectivity index is 2.38. The maximum atomic E-state index is 10.3. The molecule has 1 N–H and O–H groups in total. The van der Waals surface area contributed by atoms with Crippen molar-refractivity contribution in [3.63, 3.8) is 0 Å². The zero-order valence-electron chi connectivity index (χ0n) is 9.12. The van der Waals surface area contributed by atoms with Gasteiger partial charge in [-0.05, 0) is 49.3 Å². The number of carbonyl (C=O) groups is 1. The van der Waals surface area contributed by atoms with Crippen LogP contribution < -0.4 is 0 Å². The summed E-state index contributed by atoms with van der Waals surface area (Å²) >= 11 is 1.72. The van der Waals surface area contributed by atoms with E-state index in [0.29, 0.717) is 0 Å². The second kappa shape index (κ2) is 5.81.